The third-order valence-electron chi connectivity index (χ3n) is 1.99. The zero-order valence-electron chi connectivity index (χ0n) is 6.19. The van der Waals surface area contributed by atoms with E-state index >= 15 is 0 Å². The van der Waals surface area contributed by atoms with Crippen LogP contribution in [0.3, 0.4) is 0 Å². The molecule has 5 heteroatoms. The largest absolute Gasteiger partial charge is 0.299 e. The normalized spacial score (nSPS) is 21.7. The van der Waals surface area contributed by atoms with E-state index in [1.807, 2.05) is 0 Å². The smallest absolute Gasteiger partial charge is 0.161 e. The maximum absolute atomic E-state index is 11.0. The predicted octanol–water partition coefficient (Wildman–Crippen LogP) is -0.251. The predicted molar refractivity (Wildman–Crippen MR) is 35.9 cm³/mol. The maximum atomic E-state index is 11.0. The topological polar surface area (TPSA) is 60.7 Å². The molecule has 0 amide bonds. The molecule has 5 nitrogen and oxygen atoms in total. The molecule has 1 aliphatic heterocycles. The van der Waals surface area contributed by atoms with Crippen LogP contribution in [0.1, 0.15) is 25.1 Å². The van der Waals surface area contributed by atoms with E-state index in [2.05, 4.69) is 15.5 Å². The summed E-state index contributed by atoms with van der Waals surface area (Å²) < 4.78 is 1.69. The van der Waals surface area contributed by atoms with E-state index in [0.29, 0.717) is 0 Å². The van der Waals surface area contributed by atoms with Gasteiger partial charge >= 0.3 is 0 Å². The minimum absolute atomic E-state index is 0.0648. The van der Waals surface area contributed by atoms with Gasteiger partial charge in [0.05, 0.1) is 5.92 Å². The Hall–Kier alpha value is -1.26. The Morgan fingerprint density at radius 1 is 1.73 bits per heavy atom. The summed E-state index contributed by atoms with van der Waals surface area (Å²) in [5.74, 6) is 0.807. The number of nitrogens with zero attached hydrogens (tertiary/aromatic N) is 4. The molecule has 1 aliphatic rings. The molecule has 11 heavy (non-hydrogen) atoms. The van der Waals surface area contributed by atoms with E-state index in [1.54, 1.807) is 11.6 Å². The van der Waals surface area contributed by atoms with Gasteiger partial charge in [-0.1, -0.05) is 0 Å². The Morgan fingerprint density at radius 2 is 2.55 bits per heavy atom. The summed E-state index contributed by atoms with van der Waals surface area (Å²) >= 11 is 0. The average molecular weight is 152 g/mol. The number of fused-ring (bicyclic) bond motifs is 1. The number of hydrogen-bond acceptors (Lipinski definition) is 4. The second-order valence-corrected chi connectivity index (χ2v) is 2.71. The summed E-state index contributed by atoms with van der Waals surface area (Å²) in [6.07, 6.45) is 0.827. The van der Waals surface area contributed by atoms with Crippen molar-refractivity contribution in [1.29, 1.82) is 0 Å². The summed E-state index contributed by atoms with van der Waals surface area (Å²) in [7, 11) is 0. The second-order valence-electron chi connectivity index (χ2n) is 2.71. The molecule has 1 aromatic rings. The molecular weight excluding hydrogens is 144 g/mol. The van der Waals surface area contributed by atoms with Gasteiger partial charge in [0.15, 0.2) is 5.82 Å². The Bertz CT molecular complexity index is 293. The lowest BCUT2D eigenvalue weighted by Gasteiger charge is -1.98. The number of aryl methyl sites for hydroxylation is 1. The number of carbonyl (C=O) groups is 1. The van der Waals surface area contributed by atoms with Crippen LogP contribution in [-0.4, -0.2) is 26.0 Å². The minimum atomic E-state index is -0.0648. The fourth-order valence-electron chi connectivity index (χ4n) is 1.39. The first kappa shape index (κ1) is 6.45. The minimum Gasteiger partial charge on any atom is -0.299 e. The van der Waals surface area contributed by atoms with Crippen LogP contribution in [0.15, 0.2) is 0 Å². The van der Waals surface area contributed by atoms with Gasteiger partial charge in [0.25, 0.3) is 0 Å². The molecule has 0 bridgehead atoms. The van der Waals surface area contributed by atoms with E-state index in [9.17, 15) is 4.79 Å². The van der Waals surface area contributed by atoms with E-state index in [1.165, 1.54) is 0 Å². The highest BCUT2D eigenvalue weighted by Gasteiger charge is 2.28. The molecule has 1 aromatic heterocycles. The van der Waals surface area contributed by atoms with Crippen LogP contribution in [-0.2, 0) is 11.3 Å². The number of Topliss-reactive ketones (excluding diaryl/α,β-unsaturated/α-hetero) is 1. The fraction of sp³-hybridized carbons (Fsp3) is 0.667. The third kappa shape index (κ3) is 0.840. The molecule has 1 atom stereocenters. The number of carbonyl (C=O) groups excluding carboxylic acids is 1. The molecule has 2 heterocycles. The van der Waals surface area contributed by atoms with Crippen molar-refractivity contribution in [2.24, 2.45) is 0 Å². The van der Waals surface area contributed by atoms with Crippen molar-refractivity contribution in [1.82, 2.24) is 20.2 Å². The third-order valence-corrected chi connectivity index (χ3v) is 1.99. The lowest BCUT2D eigenvalue weighted by atomic mass is 10.0. The molecule has 0 aromatic carbocycles. The summed E-state index contributed by atoms with van der Waals surface area (Å²) in [6, 6.07) is 0. The molecule has 0 saturated carbocycles. The highest BCUT2D eigenvalue weighted by molar-refractivity contribution is 5.82. The van der Waals surface area contributed by atoms with Gasteiger partial charge in [0.1, 0.15) is 5.78 Å². The molecule has 2 rings (SSSR count). The van der Waals surface area contributed by atoms with Crippen molar-refractivity contribution in [3.63, 3.8) is 0 Å². The molecule has 0 saturated heterocycles. The van der Waals surface area contributed by atoms with E-state index < -0.39 is 0 Å². The summed E-state index contributed by atoms with van der Waals surface area (Å²) in [5, 5.41) is 11.0. The second kappa shape index (κ2) is 2.11. The highest BCUT2D eigenvalue weighted by Crippen LogP contribution is 2.24. The van der Waals surface area contributed by atoms with Crippen molar-refractivity contribution in [3.05, 3.63) is 5.82 Å². The molecule has 0 aliphatic carbocycles. The number of ketones is 1. The average Bonchev–Trinajstić information content (AvgIpc) is 2.41. The first-order valence-electron chi connectivity index (χ1n) is 3.55. The number of hydrogen-bond donors (Lipinski definition) is 0. The molecule has 0 N–H and O–H groups in total. The lowest BCUT2D eigenvalue weighted by Crippen LogP contribution is -2.06. The van der Waals surface area contributed by atoms with Gasteiger partial charge in [-0.05, 0) is 23.8 Å². The Morgan fingerprint density at radius 3 is 3.27 bits per heavy atom. The van der Waals surface area contributed by atoms with Crippen LogP contribution in [0, 0.1) is 0 Å². The van der Waals surface area contributed by atoms with Crippen molar-refractivity contribution < 1.29 is 4.79 Å². The van der Waals surface area contributed by atoms with Gasteiger partial charge in [-0.25, -0.2) is 4.68 Å². The molecule has 0 fully saturated rings. The first-order chi connectivity index (χ1) is 5.29. The zero-order chi connectivity index (χ0) is 7.84. The number of tetrazole rings is 1. The zero-order valence-corrected chi connectivity index (χ0v) is 6.19. The number of aromatic nitrogens is 4. The number of rotatable bonds is 1. The van der Waals surface area contributed by atoms with E-state index in [0.717, 1.165) is 18.8 Å². The standard InChI is InChI=1S/C6H8N4O/c1-4(11)5-2-3-10-6(5)7-8-9-10/h5H,2-3H2,1H3. The quantitative estimate of drug-likeness (QED) is 0.556. The lowest BCUT2D eigenvalue weighted by molar-refractivity contribution is -0.118. The molecular formula is C6H8N4O. The molecule has 1 unspecified atom stereocenters. The van der Waals surface area contributed by atoms with Crippen LogP contribution in [0.25, 0.3) is 0 Å². The fourth-order valence-corrected chi connectivity index (χ4v) is 1.39. The van der Waals surface area contributed by atoms with Crippen molar-refractivity contribution >= 4 is 5.78 Å². The van der Waals surface area contributed by atoms with Gasteiger partial charge in [-0.15, -0.1) is 5.10 Å². The Kier molecular flexibility index (Phi) is 1.24. The van der Waals surface area contributed by atoms with E-state index in [-0.39, 0.29) is 11.7 Å². The Labute approximate surface area is 63.4 Å². The SMILES string of the molecule is CC(=O)C1CCn2nnnc21. The summed E-state index contributed by atoms with van der Waals surface area (Å²) in [5.41, 5.74) is 0. The van der Waals surface area contributed by atoms with Crippen LogP contribution >= 0.6 is 0 Å². The summed E-state index contributed by atoms with van der Waals surface area (Å²) in [6.45, 7) is 2.35. The highest BCUT2D eigenvalue weighted by atomic mass is 16.1. The molecule has 0 radical (unpaired) electrons. The Balaban J connectivity index is 2.38. The van der Waals surface area contributed by atoms with Crippen LogP contribution < -0.4 is 0 Å². The van der Waals surface area contributed by atoms with Gasteiger partial charge < -0.3 is 0 Å². The van der Waals surface area contributed by atoms with Gasteiger partial charge in [0, 0.05) is 6.54 Å². The molecule has 58 valence electrons. The van der Waals surface area contributed by atoms with E-state index in [4.69, 9.17) is 0 Å². The van der Waals surface area contributed by atoms with Crippen molar-refractivity contribution in [3.8, 4) is 0 Å². The monoisotopic (exact) mass is 152 g/mol. The van der Waals surface area contributed by atoms with Crippen LogP contribution in [0.4, 0.5) is 0 Å². The van der Waals surface area contributed by atoms with Gasteiger partial charge in [0.2, 0.25) is 0 Å². The van der Waals surface area contributed by atoms with Crippen LogP contribution in [0.2, 0.25) is 0 Å². The van der Waals surface area contributed by atoms with Crippen molar-refractivity contribution in [2.45, 2.75) is 25.8 Å². The van der Waals surface area contributed by atoms with Gasteiger partial charge in [-0.2, -0.15) is 0 Å². The summed E-state index contributed by atoms with van der Waals surface area (Å²) in [4.78, 5) is 11.0. The van der Waals surface area contributed by atoms with Gasteiger partial charge in [-0.3, -0.25) is 4.79 Å². The van der Waals surface area contributed by atoms with Crippen molar-refractivity contribution in [2.75, 3.05) is 0 Å². The van der Waals surface area contributed by atoms with Crippen LogP contribution in [0.5, 0.6) is 0 Å². The molecule has 0 spiro atoms. The first-order valence-corrected chi connectivity index (χ1v) is 3.55. The maximum Gasteiger partial charge on any atom is 0.161 e.